The maximum Gasteiger partial charge on any atom is 0.238 e. The third-order valence-corrected chi connectivity index (χ3v) is 11.1. The van der Waals surface area contributed by atoms with E-state index in [9.17, 15) is 14.4 Å². The Bertz CT molecular complexity index is 858. The quantitative estimate of drug-likeness (QED) is 0.164. The molecule has 186 valence electrons. The van der Waals surface area contributed by atoms with Gasteiger partial charge in [-0.3, -0.25) is 19.3 Å². The molecule has 0 unspecified atom stereocenters. The Kier molecular flexibility index (Phi) is 8.89. The van der Waals surface area contributed by atoms with Crippen molar-refractivity contribution in [3.05, 3.63) is 24.3 Å². The molecule has 2 aliphatic carbocycles. The fourth-order valence-corrected chi connectivity index (χ4v) is 7.99. The van der Waals surface area contributed by atoms with Gasteiger partial charge in [0, 0.05) is 21.8 Å². The van der Waals surface area contributed by atoms with Crippen molar-refractivity contribution >= 4 is 61.0 Å². The van der Waals surface area contributed by atoms with Crippen LogP contribution in [0.25, 0.3) is 0 Å². The second kappa shape index (κ2) is 11.7. The normalized spacial score (nSPS) is 29.7. The van der Waals surface area contributed by atoms with Crippen LogP contribution in [0, 0.1) is 23.7 Å². The van der Waals surface area contributed by atoms with Crippen LogP contribution in [0.1, 0.15) is 77.6 Å². The zero-order valence-corrected chi connectivity index (χ0v) is 23.2. The molecule has 2 saturated carbocycles. The second-order valence-electron chi connectivity index (χ2n) is 10.2. The maximum absolute atomic E-state index is 13.2. The standard InChI is InChI=1S/C27H36Br2N2O3/c1-2-3-4-5-6-7-8-9-10-11-21(32)30-17-12-14-18(15-13-17)31-26(33)22-19-16-20(23(22)27(31)34)25(29)24(19)28/h12-15,19-20,22-25H,2-11,16H2,1H3,(H,30,32)/t19-,20-,22-,23-,24-,25+/m1/s1. The first kappa shape index (κ1) is 25.9. The second-order valence-corrected chi connectivity index (χ2v) is 12.3. The average Bonchev–Trinajstić information content (AvgIpc) is 3.43. The molecule has 1 aromatic rings. The van der Waals surface area contributed by atoms with Gasteiger partial charge in [-0.15, -0.1) is 0 Å². The summed E-state index contributed by atoms with van der Waals surface area (Å²) in [5, 5.41) is 2.94. The highest BCUT2D eigenvalue weighted by Gasteiger charge is 2.66. The van der Waals surface area contributed by atoms with Gasteiger partial charge in [0.05, 0.1) is 17.5 Å². The Hall–Kier alpha value is -1.21. The minimum absolute atomic E-state index is 0.0156. The summed E-state index contributed by atoms with van der Waals surface area (Å²) in [6.45, 7) is 2.24. The summed E-state index contributed by atoms with van der Waals surface area (Å²) in [4.78, 5) is 40.5. The summed E-state index contributed by atoms with van der Waals surface area (Å²) in [7, 11) is 0. The zero-order chi connectivity index (χ0) is 24.2. The number of carbonyl (C=O) groups is 3. The third-order valence-electron chi connectivity index (χ3n) is 7.90. The number of hydrogen-bond donors (Lipinski definition) is 1. The Morgan fingerprint density at radius 1 is 0.853 bits per heavy atom. The molecule has 3 fully saturated rings. The molecule has 0 aromatic heterocycles. The van der Waals surface area contributed by atoms with Crippen LogP contribution in [0.5, 0.6) is 0 Å². The first-order valence-corrected chi connectivity index (χ1v) is 14.8. The van der Waals surface area contributed by atoms with Gasteiger partial charge >= 0.3 is 0 Å². The summed E-state index contributed by atoms with van der Waals surface area (Å²) in [6, 6.07) is 7.11. The SMILES string of the molecule is CCCCCCCCCCCC(=O)Nc1ccc(N2C(=O)[C@@H]3[C@H]4C[C@@H]([C@@H](Br)[C@H]4Br)[C@H]3C2=O)cc1. The average molecular weight is 596 g/mol. The van der Waals surface area contributed by atoms with E-state index in [0.29, 0.717) is 17.8 Å². The highest BCUT2D eigenvalue weighted by Crippen LogP contribution is 2.60. The molecule has 4 rings (SSSR count). The van der Waals surface area contributed by atoms with E-state index < -0.39 is 0 Å². The molecule has 0 radical (unpaired) electrons. The van der Waals surface area contributed by atoms with Gasteiger partial charge in [0.1, 0.15) is 0 Å². The molecule has 6 atom stereocenters. The Morgan fingerprint density at radius 3 is 1.88 bits per heavy atom. The van der Waals surface area contributed by atoms with E-state index in [1.54, 1.807) is 24.3 Å². The predicted molar refractivity (Wildman–Crippen MR) is 143 cm³/mol. The van der Waals surface area contributed by atoms with E-state index >= 15 is 0 Å². The number of amides is 3. The van der Waals surface area contributed by atoms with E-state index in [-0.39, 0.29) is 51.0 Å². The van der Waals surface area contributed by atoms with Crippen LogP contribution in [-0.2, 0) is 14.4 Å². The molecule has 34 heavy (non-hydrogen) atoms. The summed E-state index contributed by atoms with van der Waals surface area (Å²) < 4.78 is 0. The lowest BCUT2D eigenvalue weighted by molar-refractivity contribution is -0.123. The topological polar surface area (TPSA) is 66.5 Å². The summed E-state index contributed by atoms with van der Waals surface area (Å²) >= 11 is 7.45. The first-order chi connectivity index (χ1) is 16.4. The largest absolute Gasteiger partial charge is 0.326 e. The Labute approximate surface area is 220 Å². The first-order valence-electron chi connectivity index (χ1n) is 13.0. The van der Waals surface area contributed by atoms with Crippen molar-refractivity contribution in [1.29, 1.82) is 0 Å². The minimum Gasteiger partial charge on any atom is -0.326 e. The van der Waals surface area contributed by atoms with Gasteiger partial charge in [-0.1, -0.05) is 90.2 Å². The lowest BCUT2D eigenvalue weighted by Gasteiger charge is -2.28. The minimum atomic E-state index is -0.216. The highest BCUT2D eigenvalue weighted by atomic mass is 79.9. The van der Waals surface area contributed by atoms with Crippen LogP contribution in [0.15, 0.2) is 24.3 Å². The van der Waals surface area contributed by atoms with E-state index in [2.05, 4.69) is 44.1 Å². The molecule has 1 saturated heterocycles. The number of hydrogen-bond acceptors (Lipinski definition) is 3. The van der Waals surface area contributed by atoms with Gasteiger partial charge < -0.3 is 5.32 Å². The lowest BCUT2D eigenvalue weighted by Crippen LogP contribution is -2.37. The highest BCUT2D eigenvalue weighted by molar-refractivity contribution is 9.12. The van der Waals surface area contributed by atoms with E-state index in [4.69, 9.17) is 0 Å². The number of carbonyl (C=O) groups excluding carboxylic acids is 3. The number of alkyl halides is 2. The number of unbranched alkanes of at least 4 members (excludes halogenated alkanes) is 8. The van der Waals surface area contributed by atoms with Crippen LogP contribution in [-0.4, -0.2) is 27.4 Å². The summed E-state index contributed by atoms with van der Waals surface area (Å²) in [6.07, 6.45) is 12.5. The Morgan fingerprint density at radius 2 is 1.35 bits per heavy atom. The molecule has 2 bridgehead atoms. The number of anilines is 2. The zero-order valence-electron chi connectivity index (χ0n) is 20.0. The lowest BCUT2D eigenvalue weighted by atomic mass is 9.81. The molecule has 3 amide bonds. The molecular weight excluding hydrogens is 560 g/mol. The number of nitrogens with zero attached hydrogens (tertiary/aromatic N) is 1. The molecule has 1 aromatic carbocycles. The number of nitrogens with one attached hydrogen (secondary N) is 1. The monoisotopic (exact) mass is 594 g/mol. The van der Waals surface area contributed by atoms with Crippen molar-refractivity contribution < 1.29 is 14.4 Å². The molecule has 0 spiro atoms. The fraction of sp³-hybridized carbons (Fsp3) is 0.667. The van der Waals surface area contributed by atoms with Gasteiger partial charge in [0.15, 0.2) is 0 Å². The smallest absolute Gasteiger partial charge is 0.238 e. The Balaban J connectivity index is 1.22. The number of fused-ring (bicyclic) bond motifs is 5. The molecule has 1 aliphatic heterocycles. The summed E-state index contributed by atoms with van der Waals surface area (Å²) in [5.41, 5.74) is 1.29. The molecule has 1 heterocycles. The molecular formula is C27H36Br2N2O3. The van der Waals surface area contributed by atoms with Gasteiger partial charge in [-0.05, 0) is 48.9 Å². The number of rotatable bonds is 12. The van der Waals surface area contributed by atoms with Crippen molar-refractivity contribution in [2.75, 3.05) is 10.2 Å². The van der Waals surface area contributed by atoms with E-state index in [0.717, 1.165) is 19.3 Å². The molecule has 1 N–H and O–H groups in total. The maximum atomic E-state index is 13.2. The van der Waals surface area contributed by atoms with Crippen LogP contribution in [0.4, 0.5) is 11.4 Å². The number of benzene rings is 1. The molecule has 5 nitrogen and oxygen atoms in total. The van der Waals surface area contributed by atoms with Gasteiger partial charge in [0.25, 0.3) is 0 Å². The van der Waals surface area contributed by atoms with Crippen molar-refractivity contribution in [2.24, 2.45) is 23.7 Å². The third kappa shape index (κ3) is 5.30. The van der Waals surface area contributed by atoms with Crippen LogP contribution in [0.3, 0.4) is 0 Å². The fourth-order valence-electron chi connectivity index (χ4n) is 6.12. The van der Waals surface area contributed by atoms with Crippen molar-refractivity contribution in [1.82, 2.24) is 0 Å². The van der Waals surface area contributed by atoms with Crippen LogP contribution in [0.2, 0.25) is 0 Å². The van der Waals surface area contributed by atoms with Crippen LogP contribution >= 0.6 is 31.9 Å². The van der Waals surface area contributed by atoms with Crippen LogP contribution < -0.4 is 10.2 Å². The van der Waals surface area contributed by atoms with Gasteiger partial charge in [0.2, 0.25) is 17.7 Å². The number of imide groups is 1. The van der Waals surface area contributed by atoms with E-state index in [1.807, 2.05) is 0 Å². The molecule has 3 aliphatic rings. The predicted octanol–water partition coefficient (Wildman–Crippen LogP) is 6.83. The summed E-state index contributed by atoms with van der Waals surface area (Å²) in [5.74, 6) is -0.150. The van der Waals surface area contributed by atoms with Crippen molar-refractivity contribution in [3.63, 3.8) is 0 Å². The molecule has 7 heteroatoms. The van der Waals surface area contributed by atoms with Gasteiger partial charge in [-0.25, -0.2) is 0 Å². The van der Waals surface area contributed by atoms with Crippen molar-refractivity contribution in [2.45, 2.75) is 87.2 Å². The van der Waals surface area contributed by atoms with Crippen molar-refractivity contribution in [3.8, 4) is 0 Å². The van der Waals surface area contributed by atoms with E-state index in [1.165, 1.54) is 49.8 Å². The number of halogens is 2. The van der Waals surface area contributed by atoms with Gasteiger partial charge in [-0.2, -0.15) is 0 Å².